The molecule has 0 atom stereocenters. The van der Waals surface area contributed by atoms with Crippen LogP contribution in [0.3, 0.4) is 0 Å². The van der Waals surface area contributed by atoms with E-state index in [1.54, 1.807) is 12.1 Å². The van der Waals surface area contributed by atoms with Gasteiger partial charge in [0.2, 0.25) is 0 Å². The summed E-state index contributed by atoms with van der Waals surface area (Å²) in [6.45, 7) is 7.51. The van der Waals surface area contributed by atoms with Gasteiger partial charge < -0.3 is 9.31 Å². The molecule has 2 nitrogen and oxygen atoms in total. The molecule has 0 radical (unpaired) electrons. The average Bonchev–Trinajstić information content (AvgIpc) is 3.20. The Labute approximate surface area is 130 Å². The number of rotatable bonds is 3. The van der Waals surface area contributed by atoms with E-state index in [4.69, 9.17) is 9.31 Å². The number of halogens is 2. The van der Waals surface area contributed by atoms with Gasteiger partial charge in [0, 0.05) is 0 Å². The Bertz CT molecular complexity index is 605. The second-order valence-corrected chi connectivity index (χ2v) is 7.17. The molecule has 118 valence electrons. The van der Waals surface area contributed by atoms with Crippen LogP contribution in [0.5, 0.6) is 0 Å². The highest BCUT2D eigenvalue weighted by atomic mass is 19.1. The summed E-state index contributed by atoms with van der Waals surface area (Å²) in [6.07, 6.45) is 3.38. The highest BCUT2D eigenvalue weighted by Gasteiger charge is 2.53. The van der Waals surface area contributed by atoms with Gasteiger partial charge in [-0.25, -0.2) is 8.78 Å². The lowest BCUT2D eigenvalue weighted by molar-refractivity contribution is 0.00578. The zero-order chi connectivity index (χ0) is 16.1. The standard InChI is InChI=1S/C17H21BF2O2/c1-16(2)17(3,4)22-18(21-16)15(20)10-11-5-8-14(19)13(9-11)12-6-7-12/h5,8-10,12H,6-7H2,1-4H3. The molecule has 3 rings (SSSR count). The van der Waals surface area contributed by atoms with E-state index in [1.807, 2.05) is 27.7 Å². The van der Waals surface area contributed by atoms with Crippen molar-refractivity contribution in [3.05, 3.63) is 40.9 Å². The summed E-state index contributed by atoms with van der Waals surface area (Å²) in [4.78, 5) is 0. The molecule has 0 aromatic heterocycles. The van der Waals surface area contributed by atoms with E-state index < -0.39 is 24.0 Å². The van der Waals surface area contributed by atoms with Crippen LogP contribution < -0.4 is 0 Å². The van der Waals surface area contributed by atoms with Gasteiger partial charge in [-0.15, -0.1) is 0 Å². The monoisotopic (exact) mass is 306 g/mol. The molecule has 22 heavy (non-hydrogen) atoms. The summed E-state index contributed by atoms with van der Waals surface area (Å²) >= 11 is 0. The van der Waals surface area contributed by atoms with Crippen LogP contribution in [0.2, 0.25) is 0 Å². The van der Waals surface area contributed by atoms with Gasteiger partial charge in [-0.1, -0.05) is 6.07 Å². The Morgan fingerprint density at radius 1 is 1.18 bits per heavy atom. The molecule has 0 amide bonds. The predicted molar refractivity (Wildman–Crippen MR) is 83.5 cm³/mol. The number of hydrogen-bond acceptors (Lipinski definition) is 2. The molecule has 0 bridgehead atoms. The molecule has 1 saturated carbocycles. The topological polar surface area (TPSA) is 18.5 Å². The van der Waals surface area contributed by atoms with E-state index in [1.165, 1.54) is 12.1 Å². The minimum Gasteiger partial charge on any atom is -0.398 e. The van der Waals surface area contributed by atoms with Crippen molar-refractivity contribution in [3.63, 3.8) is 0 Å². The third-order valence-corrected chi connectivity index (χ3v) is 4.82. The minimum atomic E-state index is -1.01. The summed E-state index contributed by atoms with van der Waals surface area (Å²) in [6, 6.07) is 4.70. The van der Waals surface area contributed by atoms with Crippen LogP contribution in [-0.2, 0) is 9.31 Å². The zero-order valence-corrected chi connectivity index (χ0v) is 13.5. The van der Waals surface area contributed by atoms with Gasteiger partial charge in [0.25, 0.3) is 0 Å². The number of benzene rings is 1. The Morgan fingerprint density at radius 2 is 1.77 bits per heavy atom. The highest BCUT2D eigenvalue weighted by Crippen LogP contribution is 2.42. The van der Waals surface area contributed by atoms with E-state index in [2.05, 4.69) is 0 Å². The molecule has 5 heteroatoms. The third kappa shape index (κ3) is 2.84. The third-order valence-electron chi connectivity index (χ3n) is 4.82. The summed E-state index contributed by atoms with van der Waals surface area (Å²) in [5.74, 6) is 0.0731. The summed E-state index contributed by atoms with van der Waals surface area (Å²) in [5.41, 5.74) is -0.340. The van der Waals surface area contributed by atoms with Gasteiger partial charge in [0.05, 0.1) is 11.2 Å². The van der Waals surface area contributed by atoms with Crippen LogP contribution in [0.1, 0.15) is 57.6 Å². The Hall–Kier alpha value is -1.20. The average molecular weight is 306 g/mol. The normalized spacial score (nSPS) is 23.9. The molecule has 2 aliphatic rings. The van der Waals surface area contributed by atoms with Crippen molar-refractivity contribution in [1.29, 1.82) is 0 Å². The molecule has 1 aliphatic carbocycles. The Morgan fingerprint density at radius 3 is 2.32 bits per heavy atom. The van der Waals surface area contributed by atoms with E-state index in [0.717, 1.165) is 12.8 Å². The van der Waals surface area contributed by atoms with Crippen molar-refractivity contribution in [2.45, 2.75) is 57.7 Å². The van der Waals surface area contributed by atoms with Crippen LogP contribution >= 0.6 is 0 Å². The second-order valence-electron chi connectivity index (χ2n) is 7.17. The fraction of sp³-hybridized carbons (Fsp3) is 0.529. The first kappa shape index (κ1) is 15.7. The van der Waals surface area contributed by atoms with E-state index in [9.17, 15) is 8.78 Å². The summed E-state index contributed by atoms with van der Waals surface area (Å²) in [7, 11) is -1.01. The lowest BCUT2D eigenvalue weighted by atomic mass is 9.86. The first-order chi connectivity index (χ1) is 10.2. The predicted octanol–water partition coefficient (Wildman–Crippen LogP) is 4.64. The Kier molecular flexibility index (Phi) is 3.69. The zero-order valence-electron chi connectivity index (χ0n) is 13.5. The SMILES string of the molecule is CC1(C)OB(C(F)=Cc2ccc(F)c(C3CC3)c2)OC1(C)C. The van der Waals surface area contributed by atoms with Crippen LogP contribution in [0, 0.1) is 5.82 Å². The molecule has 1 heterocycles. The van der Waals surface area contributed by atoms with E-state index >= 15 is 0 Å². The van der Waals surface area contributed by atoms with Gasteiger partial charge in [0.1, 0.15) is 11.5 Å². The lowest BCUT2D eigenvalue weighted by Gasteiger charge is -2.32. The maximum atomic E-state index is 14.4. The van der Waals surface area contributed by atoms with Gasteiger partial charge in [-0.05, 0) is 75.8 Å². The quantitative estimate of drug-likeness (QED) is 0.757. The second kappa shape index (κ2) is 5.17. The molecule has 2 fully saturated rings. The van der Waals surface area contributed by atoms with Gasteiger partial charge in [-0.3, -0.25) is 0 Å². The van der Waals surface area contributed by atoms with E-state index in [-0.39, 0.29) is 11.7 Å². The maximum absolute atomic E-state index is 14.4. The maximum Gasteiger partial charge on any atom is 0.525 e. The number of hydrogen-bond donors (Lipinski definition) is 0. The van der Waals surface area contributed by atoms with Crippen molar-refractivity contribution < 1.29 is 18.1 Å². The molecular weight excluding hydrogens is 285 g/mol. The molecule has 1 aromatic carbocycles. The van der Waals surface area contributed by atoms with Gasteiger partial charge in [-0.2, -0.15) is 0 Å². The first-order valence-corrected chi connectivity index (χ1v) is 7.72. The first-order valence-electron chi connectivity index (χ1n) is 7.72. The fourth-order valence-corrected chi connectivity index (χ4v) is 2.54. The lowest BCUT2D eigenvalue weighted by Crippen LogP contribution is -2.41. The van der Waals surface area contributed by atoms with Crippen molar-refractivity contribution in [2.75, 3.05) is 0 Å². The summed E-state index contributed by atoms with van der Waals surface area (Å²) in [5, 5.41) is 0. The van der Waals surface area contributed by atoms with Crippen LogP contribution in [-0.4, -0.2) is 18.3 Å². The Balaban J connectivity index is 1.82. The smallest absolute Gasteiger partial charge is 0.398 e. The van der Waals surface area contributed by atoms with Crippen molar-refractivity contribution in [2.24, 2.45) is 0 Å². The van der Waals surface area contributed by atoms with Crippen molar-refractivity contribution >= 4 is 13.2 Å². The van der Waals surface area contributed by atoms with Crippen LogP contribution in [0.15, 0.2) is 23.9 Å². The van der Waals surface area contributed by atoms with E-state index in [0.29, 0.717) is 11.1 Å². The summed E-state index contributed by atoms with van der Waals surface area (Å²) < 4.78 is 39.5. The minimum absolute atomic E-state index is 0.212. The van der Waals surface area contributed by atoms with Crippen LogP contribution in [0.25, 0.3) is 6.08 Å². The van der Waals surface area contributed by atoms with Gasteiger partial charge >= 0.3 is 7.12 Å². The van der Waals surface area contributed by atoms with Crippen molar-refractivity contribution in [1.82, 2.24) is 0 Å². The largest absolute Gasteiger partial charge is 0.525 e. The highest BCUT2D eigenvalue weighted by molar-refractivity contribution is 6.54. The molecule has 1 aromatic rings. The molecule has 0 N–H and O–H groups in total. The van der Waals surface area contributed by atoms with Crippen molar-refractivity contribution in [3.8, 4) is 0 Å². The van der Waals surface area contributed by atoms with Crippen LogP contribution in [0.4, 0.5) is 8.78 Å². The molecule has 0 spiro atoms. The fourth-order valence-electron chi connectivity index (χ4n) is 2.54. The molecule has 1 saturated heterocycles. The van der Waals surface area contributed by atoms with Gasteiger partial charge in [0.15, 0.2) is 0 Å². The molecular formula is C17H21BF2O2. The molecule has 0 unspecified atom stereocenters. The molecule has 1 aliphatic heterocycles.